The van der Waals surface area contributed by atoms with Crippen molar-refractivity contribution in [2.24, 2.45) is 5.41 Å². The number of hydrogen-bond acceptors (Lipinski definition) is 2. The normalized spacial score (nSPS) is 20.2. The van der Waals surface area contributed by atoms with E-state index >= 15 is 0 Å². The molecule has 1 fully saturated rings. The van der Waals surface area contributed by atoms with Crippen LogP contribution >= 0.6 is 0 Å². The highest BCUT2D eigenvalue weighted by Gasteiger charge is 2.42. The summed E-state index contributed by atoms with van der Waals surface area (Å²) in [5, 5.41) is 3.78. The van der Waals surface area contributed by atoms with Crippen molar-refractivity contribution in [1.82, 2.24) is 5.32 Å². The molecule has 2 rings (SSSR count). The van der Waals surface area contributed by atoms with Crippen LogP contribution in [0.1, 0.15) is 51.6 Å². The van der Waals surface area contributed by atoms with E-state index in [4.69, 9.17) is 4.74 Å². The Morgan fingerprint density at radius 2 is 1.89 bits per heavy atom. The predicted octanol–water partition coefficient (Wildman–Crippen LogP) is 3.92. The molecule has 0 spiro atoms. The van der Waals surface area contributed by atoms with Crippen molar-refractivity contribution in [3.05, 3.63) is 29.8 Å². The molecule has 1 aliphatic rings. The van der Waals surface area contributed by atoms with Crippen molar-refractivity contribution in [2.75, 3.05) is 7.11 Å². The number of nitrogens with one attached hydrogen (secondary N) is 1. The third-order valence-electron chi connectivity index (χ3n) is 4.46. The van der Waals surface area contributed by atoms with Crippen LogP contribution in [0.4, 0.5) is 0 Å². The molecule has 1 aromatic rings. The second-order valence-electron chi connectivity index (χ2n) is 5.78. The molecule has 0 amide bonds. The molecule has 18 heavy (non-hydrogen) atoms. The van der Waals surface area contributed by atoms with Gasteiger partial charge in [-0.2, -0.15) is 0 Å². The first kappa shape index (κ1) is 13.4. The summed E-state index contributed by atoms with van der Waals surface area (Å²) < 4.78 is 5.21. The summed E-state index contributed by atoms with van der Waals surface area (Å²) in [6, 6.07) is 9.46. The fraction of sp³-hybridized carbons (Fsp3) is 0.625. The van der Waals surface area contributed by atoms with E-state index in [1.165, 1.54) is 18.4 Å². The summed E-state index contributed by atoms with van der Waals surface area (Å²) in [5.41, 5.74) is 1.88. The van der Waals surface area contributed by atoms with Gasteiger partial charge in [0, 0.05) is 12.1 Å². The molecule has 0 bridgehead atoms. The van der Waals surface area contributed by atoms with Crippen LogP contribution < -0.4 is 10.1 Å². The molecule has 100 valence electrons. The van der Waals surface area contributed by atoms with E-state index in [-0.39, 0.29) is 0 Å². The van der Waals surface area contributed by atoms with E-state index in [9.17, 15) is 0 Å². The molecule has 0 heterocycles. The van der Waals surface area contributed by atoms with Gasteiger partial charge in [0.05, 0.1) is 7.11 Å². The maximum absolute atomic E-state index is 5.21. The first-order chi connectivity index (χ1) is 8.59. The van der Waals surface area contributed by atoms with Gasteiger partial charge >= 0.3 is 0 Å². The van der Waals surface area contributed by atoms with Crippen LogP contribution in [-0.4, -0.2) is 13.2 Å². The van der Waals surface area contributed by atoms with Crippen LogP contribution in [0.15, 0.2) is 24.3 Å². The maximum Gasteiger partial charge on any atom is 0.118 e. The fourth-order valence-corrected chi connectivity index (χ4v) is 2.42. The van der Waals surface area contributed by atoms with Crippen LogP contribution in [-0.2, 0) is 0 Å². The van der Waals surface area contributed by atoms with E-state index < -0.39 is 0 Å². The Bertz CT molecular complexity index is 381. The molecule has 1 aromatic carbocycles. The lowest BCUT2D eigenvalue weighted by atomic mass is 9.97. The number of hydrogen-bond donors (Lipinski definition) is 1. The molecule has 2 atom stereocenters. The Morgan fingerprint density at radius 3 is 2.33 bits per heavy atom. The third-order valence-corrected chi connectivity index (χ3v) is 4.46. The van der Waals surface area contributed by atoms with Gasteiger partial charge in [-0.1, -0.05) is 26.0 Å². The Kier molecular flexibility index (Phi) is 3.96. The smallest absolute Gasteiger partial charge is 0.118 e. The molecule has 0 saturated heterocycles. The molecule has 1 aliphatic carbocycles. The van der Waals surface area contributed by atoms with E-state index in [0.717, 1.165) is 12.2 Å². The van der Waals surface area contributed by atoms with Crippen LogP contribution in [0.5, 0.6) is 5.75 Å². The van der Waals surface area contributed by atoms with Crippen LogP contribution in [0.25, 0.3) is 0 Å². The second kappa shape index (κ2) is 5.31. The first-order valence-corrected chi connectivity index (χ1v) is 6.99. The van der Waals surface area contributed by atoms with Crippen LogP contribution in [0.3, 0.4) is 0 Å². The minimum absolute atomic E-state index is 0.448. The third kappa shape index (κ3) is 2.86. The lowest BCUT2D eigenvalue weighted by Crippen LogP contribution is -2.36. The van der Waals surface area contributed by atoms with Crippen molar-refractivity contribution < 1.29 is 4.74 Å². The van der Waals surface area contributed by atoms with Gasteiger partial charge in [0.15, 0.2) is 0 Å². The zero-order chi connectivity index (χ0) is 13.2. The lowest BCUT2D eigenvalue weighted by molar-refractivity contribution is 0.336. The van der Waals surface area contributed by atoms with Gasteiger partial charge in [-0.15, -0.1) is 0 Å². The van der Waals surface area contributed by atoms with Gasteiger partial charge in [-0.25, -0.2) is 0 Å². The number of methoxy groups -OCH3 is 1. The number of rotatable bonds is 6. The van der Waals surface area contributed by atoms with Gasteiger partial charge in [0.2, 0.25) is 0 Å². The molecule has 0 radical (unpaired) electrons. The number of benzene rings is 1. The Hall–Kier alpha value is -1.02. The van der Waals surface area contributed by atoms with Gasteiger partial charge < -0.3 is 10.1 Å². The van der Waals surface area contributed by atoms with Crippen molar-refractivity contribution in [1.29, 1.82) is 0 Å². The molecule has 2 unspecified atom stereocenters. The van der Waals surface area contributed by atoms with Crippen molar-refractivity contribution in [2.45, 2.75) is 52.1 Å². The first-order valence-electron chi connectivity index (χ1n) is 6.99. The molecule has 2 heteroatoms. The molecular weight excluding hydrogens is 222 g/mol. The number of ether oxygens (including phenoxy) is 1. The molecule has 1 N–H and O–H groups in total. The topological polar surface area (TPSA) is 21.3 Å². The van der Waals surface area contributed by atoms with Crippen molar-refractivity contribution in [3.63, 3.8) is 0 Å². The summed E-state index contributed by atoms with van der Waals surface area (Å²) in [7, 11) is 1.71. The standard InChI is InChI=1S/C16H25NO/c1-5-15(17-12(2)16(3)10-11-16)13-6-8-14(18-4)9-7-13/h6-9,12,15,17H,5,10-11H2,1-4H3. The Labute approximate surface area is 111 Å². The zero-order valence-corrected chi connectivity index (χ0v) is 12.0. The summed E-state index contributed by atoms with van der Waals surface area (Å²) in [6.45, 7) is 6.94. The van der Waals surface area contributed by atoms with Gasteiger partial charge in [0.1, 0.15) is 5.75 Å². The summed E-state index contributed by atoms with van der Waals surface area (Å²) >= 11 is 0. The minimum atomic E-state index is 0.448. The van der Waals surface area contributed by atoms with E-state index in [0.29, 0.717) is 17.5 Å². The van der Waals surface area contributed by atoms with E-state index in [2.05, 4.69) is 38.2 Å². The summed E-state index contributed by atoms with van der Waals surface area (Å²) in [4.78, 5) is 0. The molecule has 0 aromatic heterocycles. The zero-order valence-electron chi connectivity index (χ0n) is 12.0. The van der Waals surface area contributed by atoms with E-state index in [1.54, 1.807) is 7.11 Å². The highest BCUT2D eigenvalue weighted by molar-refractivity contribution is 5.29. The second-order valence-corrected chi connectivity index (χ2v) is 5.78. The predicted molar refractivity (Wildman–Crippen MR) is 76.0 cm³/mol. The van der Waals surface area contributed by atoms with Crippen LogP contribution in [0, 0.1) is 5.41 Å². The van der Waals surface area contributed by atoms with Crippen LogP contribution in [0.2, 0.25) is 0 Å². The molecule has 2 nitrogen and oxygen atoms in total. The SMILES string of the molecule is CCC(NC(C)C1(C)CC1)c1ccc(OC)cc1. The van der Waals surface area contributed by atoms with E-state index in [1.807, 2.05) is 12.1 Å². The highest BCUT2D eigenvalue weighted by atomic mass is 16.5. The molecular formula is C16H25NO. The monoisotopic (exact) mass is 247 g/mol. The lowest BCUT2D eigenvalue weighted by Gasteiger charge is -2.27. The summed E-state index contributed by atoms with van der Waals surface area (Å²) in [5.74, 6) is 0.927. The highest BCUT2D eigenvalue weighted by Crippen LogP contribution is 2.48. The quantitative estimate of drug-likeness (QED) is 0.822. The maximum atomic E-state index is 5.21. The van der Waals surface area contributed by atoms with Crippen molar-refractivity contribution >= 4 is 0 Å². The fourth-order valence-electron chi connectivity index (χ4n) is 2.42. The van der Waals surface area contributed by atoms with Gasteiger partial charge in [-0.3, -0.25) is 0 Å². The Balaban J connectivity index is 2.02. The molecule has 0 aliphatic heterocycles. The van der Waals surface area contributed by atoms with Crippen molar-refractivity contribution in [3.8, 4) is 5.75 Å². The average Bonchev–Trinajstić information content (AvgIpc) is 3.15. The molecule has 1 saturated carbocycles. The van der Waals surface area contributed by atoms with Gasteiger partial charge in [0.25, 0.3) is 0 Å². The summed E-state index contributed by atoms with van der Waals surface area (Å²) in [6.07, 6.45) is 3.84. The van der Waals surface area contributed by atoms with Gasteiger partial charge in [-0.05, 0) is 49.3 Å². The minimum Gasteiger partial charge on any atom is -0.497 e. The largest absolute Gasteiger partial charge is 0.497 e. The average molecular weight is 247 g/mol. The Morgan fingerprint density at radius 1 is 1.28 bits per heavy atom.